The Morgan fingerprint density at radius 1 is 0.581 bits per heavy atom. The molecule has 0 radical (unpaired) electrons. The standard InChI is InChI=1S/C43H33N4O.C12H10N.C11H8N.Ir/c1-26(2)35-23-31(29-13-6-5-7-14-29)24-36(27(3)4)40(35)47-39-19-9-8-18-38(39)45-42(47)34-17-11-16-32-33-20-21-37(46-43(33)48-41(32)34)30-15-10-12-28(22-30)25-44;1-10-7-8-12(13-9-10)11-5-3-2-4-6-11;1-2-6-10(7-3-1)11-8-4-5-9-12-11;/h5-16,18-24,26-27H,1-4H3;2-5,7-9H,1H3;1-6,8-9H;/q3*-1;+3/i;1D3;;. The first-order valence-electron chi connectivity index (χ1n) is 25.7. The largest absolute Gasteiger partial charge is 3.00 e. The van der Waals surface area contributed by atoms with Crippen LogP contribution in [0.4, 0.5) is 0 Å². The molecule has 0 aliphatic rings. The Bertz CT molecular complexity index is 3920. The number of rotatable bonds is 8. The molecule has 7 nitrogen and oxygen atoms in total. The van der Waals surface area contributed by atoms with Crippen molar-refractivity contribution in [3.63, 3.8) is 0 Å². The Balaban J connectivity index is 0.000000202. The van der Waals surface area contributed by atoms with Crippen LogP contribution in [-0.4, -0.2) is 24.5 Å². The number of benzene rings is 7. The van der Waals surface area contributed by atoms with E-state index in [-0.39, 0.29) is 37.5 Å². The van der Waals surface area contributed by atoms with Crippen LogP contribution in [0.25, 0.3) is 95.1 Å². The quantitative estimate of drug-likeness (QED) is 0.141. The van der Waals surface area contributed by atoms with Gasteiger partial charge in [0.15, 0.2) is 0 Å². The minimum atomic E-state index is -2.09. The molecule has 12 rings (SSSR count). The van der Waals surface area contributed by atoms with Gasteiger partial charge in [0.05, 0.1) is 39.8 Å². The molecule has 0 saturated carbocycles. The summed E-state index contributed by atoms with van der Waals surface area (Å²) in [7, 11) is 0. The molecule has 8 heteroatoms. The summed E-state index contributed by atoms with van der Waals surface area (Å²) < 4.78 is 30.6. The Hall–Kier alpha value is -8.60. The van der Waals surface area contributed by atoms with Gasteiger partial charge in [-0.1, -0.05) is 118 Å². The molecule has 0 unspecified atom stereocenters. The zero-order valence-corrected chi connectivity index (χ0v) is 43.6. The number of para-hydroxylation sites is 2. The Morgan fingerprint density at radius 3 is 1.91 bits per heavy atom. The maximum absolute atomic E-state index is 9.43. The van der Waals surface area contributed by atoms with Gasteiger partial charge in [-0.2, -0.15) is 5.26 Å². The van der Waals surface area contributed by atoms with Gasteiger partial charge in [0.2, 0.25) is 5.71 Å². The van der Waals surface area contributed by atoms with Gasteiger partial charge >= 0.3 is 20.1 Å². The van der Waals surface area contributed by atoms with Gasteiger partial charge < -0.3 is 19.0 Å². The van der Waals surface area contributed by atoms with Gasteiger partial charge in [-0.15, -0.1) is 90.0 Å². The monoisotopic (exact) mass is 1140 g/mol. The number of aryl methyl sites for hydroxylation is 1. The fourth-order valence-electron chi connectivity index (χ4n) is 8.91. The van der Waals surface area contributed by atoms with Gasteiger partial charge in [0.1, 0.15) is 0 Å². The summed E-state index contributed by atoms with van der Waals surface area (Å²) in [5.41, 5.74) is 16.1. The molecule has 5 aromatic heterocycles. The molecule has 0 saturated heterocycles. The molecular formula is C66H51IrN6O. The second kappa shape index (κ2) is 22.9. The number of aromatic nitrogens is 5. The molecule has 7 aromatic carbocycles. The van der Waals surface area contributed by atoms with E-state index in [1.807, 2.05) is 109 Å². The van der Waals surface area contributed by atoms with E-state index in [1.54, 1.807) is 30.5 Å². The average molecular weight is 1140 g/mol. The third-order valence-corrected chi connectivity index (χ3v) is 12.5. The van der Waals surface area contributed by atoms with E-state index in [0.29, 0.717) is 16.9 Å². The smallest absolute Gasteiger partial charge is 0.486 e. The summed E-state index contributed by atoms with van der Waals surface area (Å²) >= 11 is 0. The summed E-state index contributed by atoms with van der Waals surface area (Å²) in [6, 6.07) is 75.4. The maximum atomic E-state index is 9.43. The maximum Gasteiger partial charge on any atom is 3.00 e. The average Bonchev–Trinajstić information content (AvgIpc) is 4.08. The minimum Gasteiger partial charge on any atom is -0.486 e. The van der Waals surface area contributed by atoms with Crippen LogP contribution in [0, 0.1) is 36.4 Å². The van der Waals surface area contributed by atoms with E-state index in [9.17, 15) is 5.26 Å². The Morgan fingerprint density at radius 2 is 1.26 bits per heavy atom. The van der Waals surface area contributed by atoms with Crippen molar-refractivity contribution in [3.8, 4) is 68.0 Å². The van der Waals surface area contributed by atoms with Crippen LogP contribution in [0.1, 0.15) is 65.9 Å². The van der Waals surface area contributed by atoms with E-state index < -0.39 is 6.85 Å². The number of hydrogen-bond donors (Lipinski definition) is 0. The van der Waals surface area contributed by atoms with E-state index in [0.717, 1.165) is 72.7 Å². The van der Waals surface area contributed by atoms with Crippen molar-refractivity contribution in [2.45, 2.75) is 46.4 Å². The number of imidazole rings is 1. The van der Waals surface area contributed by atoms with Gasteiger partial charge in [-0.05, 0) is 112 Å². The first kappa shape index (κ1) is 46.5. The van der Waals surface area contributed by atoms with Crippen LogP contribution >= 0.6 is 0 Å². The molecule has 0 atom stereocenters. The predicted molar refractivity (Wildman–Crippen MR) is 296 cm³/mol. The molecule has 0 spiro atoms. The van der Waals surface area contributed by atoms with Crippen LogP contribution < -0.4 is 0 Å². The van der Waals surface area contributed by atoms with Crippen LogP contribution in [0.5, 0.6) is 0 Å². The van der Waals surface area contributed by atoms with Gasteiger partial charge in [0.25, 0.3) is 0 Å². The normalized spacial score (nSPS) is 11.7. The fourth-order valence-corrected chi connectivity index (χ4v) is 8.91. The molecule has 0 N–H and O–H groups in total. The molecule has 0 amide bonds. The molecule has 5 heterocycles. The number of hydrogen-bond acceptors (Lipinski definition) is 6. The van der Waals surface area contributed by atoms with Crippen LogP contribution in [0.15, 0.2) is 211 Å². The van der Waals surface area contributed by atoms with E-state index in [4.69, 9.17) is 18.5 Å². The molecule has 0 aliphatic heterocycles. The fraction of sp³-hybridized carbons (Fsp3) is 0.106. The Kier molecular flexibility index (Phi) is 14.4. The zero-order chi connectivity index (χ0) is 52.8. The topological polar surface area (TPSA) is 93.4 Å². The van der Waals surface area contributed by atoms with E-state index in [2.05, 4.69) is 127 Å². The third-order valence-electron chi connectivity index (χ3n) is 12.5. The van der Waals surface area contributed by atoms with Crippen molar-refractivity contribution in [1.82, 2.24) is 24.5 Å². The molecule has 0 bridgehead atoms. The van der Waals surface area contributed by atoms with Crippen molar-refractivity contribution in [1.29, 1.82) is 5.26 Å². The molecule has 12 aromatic rings. The molecule has 0 fully saturated rings. The van der Waals surface area contributed by atoms with Crippen molar-refractivity contribution in [2.24, 2.45) is 0 Å². The summed E-state index contributed by atoms with van der Waals surface area (Å²) in [4.78, 5) is 18.5. The molecular weight excluding hydrogens is 1080 g/mol. The number of fused-ring (bicyclic) bond motifs is 4. The molecule has 360 valence electrons. The van der Waals surface area contributed by atoms with E-state index in [1.165, 1.54) is 28.5 Å². The number of nitrogens with zero attached hydrogens (tertiary/aromatic N) is 6. The van der Waals surface area contributed by atoms with Gasteiger partial charge in [0, 0.05) is 33.1 Å². The Labute approximate surface area is 450 Å². The number of nitriles is 1. The summed E-state index contributed by atoms with van der Waals surface area (Å²) in [5, 5.41) is 11.3. The van der Waals surface area contributed by atoms with Crippen LogP contribution in [0.2, 0.25) is 0 Å². The number of pyridine rings is 3. The zero-order valence-electron chi connectivity index (χ0n) is 44.2. The second-order valence-corrected chi connectivity index (χ2v) is 18.1. The minimum absolute atomic E-state index is 0. The van der Waals surface area contributed by atoms with Crippen molar-refractivity contribution in [2.75, 3.05) is 0 Å². The van der Waals surface area contributed by atoms with Crippen molar-refractivity contribution < 1.29 is 28.6 Å². The predicted octanol–water partition coefficient (Wildman–Crippen LogP) is 16.6. The number of furan rings is 1. The van der Waals surface area contributed by atoms with Crippen LogP contribution in [0.3, 0.4) is 0 Å². The molecule has 74 heavy (non-hydrogen) atoms. The first-order valence-corrected chi connectivity index (χ1v) is 24.2. The molecule has 0 aliphatic carbocycles. The SMILES string of the molecule is CC(C)c1cc(-c2ccccc2)cc(C(C)C)c1-n1c(-c2[c-]ccc3c2oc2nc(-c4cccc(C#N)c4)ccc23)nc2ccccc21.[2H]C([2H])([2H])c1ccc(-c2[c-]cccc2)nc1.[Ir+3].[c-]1ccccc1-c1ccccn1. The summed E-state index contributed by atoms with van der Waals surface area (Å²) in [6.07, 6.45) is 3.18. The third kappa shape index (κ3) is 10.8. The second-order valence-electron chi connectivity index (χ2n) is 18.1. The van der Waals surface area contributed by atoms with Gasteiger partial charge in [-0.3, -0.25) is 4.98 Å². The van der Waals surface area contributed by atoms with Gasteiger partial charge in [-0.25, -0.2) is 4.98 Å². The van der Waals surface area contributed by atoms with Crippen molar-refractivity contribution in [3.05, 3.63) is 247 Å². The van der Waals surface area contributed by atoms with E-state index >= 15 is 0 Å². The van der Waals surface area contributed by atoms with Crippen molar-refractivity contribution >= 4 is 33.1 Å². The summed E-state index contributed by atoms with van der Waals surface area (Å²) in [6.45, 7) is 6.96. The first-order chi connectivity index (χ1) is 36.9. The summed E-state index contributed by atoms with van der Waals surface area (Å²) in [5.74, 6) is 1.28. The van der Waals surface area contributed by atoms with Crippen LogP contribution in [-0.2, 0) is 20.1 Å².